The van der Waals surface area contributed by atoms with Crippen LogP contribution in [0.1, 0.15) is 53.8 Å². The SMILES string of the molecule is CCCCOc1ccc(C2c3c(-c4cc(Cl)ccc4O)n[nH]c3C(=O)N2CCCOC)cc1OC. The smallest absolute Gasteiger partial charge is 0.273 e. The molecule has 35 heavy (non-hydrogen) atoms. The number of benzene rings is 2. The highest BCUT2D eigenvalue weighted by molar-refractivity contribution is 6.31. The van der Waals surface area contributed by atoms with Crippen LogP contribution in [0.15, 0.2) is 36.4 Å². The zero-order valence-electron chi connectivity index (χ0n) is 20.1. The second-order valence-corrected chi connectivity index (χ2v) is 8.82. The summed E-state index contributed by atoms with van der Waals surface area (Å²) in [5.41, 5.74) is 2.86. The van der Waals surface area contributed by atoms with Crippen LogP contribution in [0.3, 0.4) is 0 Å². The van der Waals surface area contributed by atoms with Gasteiger partial charge in [-0.3, -0.25) is 9.89 Å². The summed E-state index contributed by atoms with van der Waals surface area (Å²) in [6.45, 7) is 3.72. The number of aromatic nitrogens is 2. The van der Waals surface area contributed by atoms with Gasteiger partial charge in [-0.2, -0.15) is 5.10 Å². The second-order valence-electron chi connectivity index (χ2n) is 8.38. The van der Waals surface area contributed by atoms with Crippen LogP contribution in [-0.4, -0.2) is 60.1 Å². The van der Waals surface area contributed by atoms with Crippen molar-refractivity contribution in [3.8, 4) is 28.5 Å². The van der Waals surface area contributed by atoms with E-state index in [2.05, 4.69) is 17.1 Å². The zero-order valence-corrected chi connectivity index (χ0v) is 20.9. The number of nitrogens with one attached hydrogen (secondary N) is 1. The molecule has 0 radical (unpaired) electrons. The van der Waals surface area contributed by atoms with Gasteiger partial charge in [0, 0.05) is 36.4 Å². The Kier molecular flexibility index (Phi) is 7.83. The Morgan fingerprint density at radius 1 is 1.11 bits per heavy atom. The number of H-pyrrole nitrogens is 1. The molecule has 0 saturated carbocycles. The topological polar surface area (TPSA) is 96.9 Å². The Bertz CT molecular complexity index is 1200. The molecule has 1 aromatic heterocycles. The normalized spacial score (nSPS) is 14.9. The molecule has 4 rings (SSSR count). The van der Waals surface area contributed by atoms with Crippen molar-refractivity contribution in [1.82, 2.24) is 15.1 Å². The molecule has 0 bridgehead atoms. The summed E-state index contributed by atoms with van der Waals surface area (Å²) in [5.74, 6) is 1.11. The number of halogens is 1. The maximum absolute atomic E-state index is 13.4. The average Bonchev–Trinajstić information content (AvgIpc) is 3.40. The van der Waals surface area contributed by atoms with Crippen molar-refractivity contribution in [2.24, 2.45) is 0 Å². The summed E-state index contributed by atoms with van der Waals surface area (Å²) in [6, 6.07) is 10.0. The molecule has 0 saturated heterocycles. The van der Waals surface area contributed by atoms with E-state index in [1.165, 1.54) is 6.07 Å². The van der Waals surface area contributed by atoms with Crippen LogP contribution >= 0.6 is 11.6 Å². The largest absolute Gasteiger partial charge is 0.507 e. The molecule has 1 unspecified atom stereocenters. The van der Waals surface area contributed by atoms with E-state index in [0.29, 0.717) is 65.2 Å². The molecule has 2 aromatic carbocycles. The maximum atomic E-state index is 13.4. The highest BCUT2D eigenvalue weighted by Gasteiger charge is 2.42. The standard InChI is InChI=1S/C26H30ClN3O5/c1-4-5-13-35-20-10-7-16(14-21(20)34-3)25-22-23(18-15-17(27)8-9-19(18)31)28-29-24(22)26(32)30(25)11-6-12-33-2/h7-10,14-15,25,31H,4-6,11-13H2,1-3H3,(H,28,29). The Morgan fingerprint density at radius 3 is 2.69 bits per heavy atom. The summed E-state index contributed by atoms with van der Waals surface area (Å²) in [5, 5.41) is 18.3. The molecule has 2 heterocycles. The number of methoxy groups -OCH3 is 2. The summed E-state index contributed by atoms with van der Waals surface area (Å²) >= 11 is 6.22. The minimum absolute atomic E-state index is 0.0324. The van der Waals surface area contributed by atoms with Crippen LogP contribution in [0.2, 0.25) is 5.02 Å². The summed E-state index contributed by atoms with van der Waals surface area (Å²) in [4.78, 5) is 15.2. The summed E-state index contributed by atoms with van der Waals surface area (Å²) < 4.78 is 16.7. The van der Waals surface area contributed by atoms with Crippen LogP contribution in [0.5, 0.6) is 17.2 Å². The molecule has 8 nitrogen and oxygen atoms in total. The number of ether oxygens (including phenoxy) is 3. The van der Waals surface area contributed by atoms with Crippen LogP contribution < -0.4 is 9.47 Å². The second kappa shape index (κ2) is 11.0. The zero-order chi connectivity index (χ0) is 24.9. The first kappa shape index (κ1) is 24.9. The maximum Gasteiger partial charge on any atom is 0.273 e. The van der Waals surface area contributed by atoms with Gasteiger partial charge in [0.2, 0.25) is 0 Å². The van der Waals surface area contributed by atoms with E-state index in [1.54, 1.807) is 31.3 Å². The lowest BCUT2D eigenvalue weighted by atomic mass is 9.95. The number of fused-ring (bicyclic) bond motifs is 1. The lowest BCUT2D eigenvalue weighted by molar-refractivity contribution is 0.0723. The number of rotatable bonds is 11. The number of phenolic OH excluding ortho intramolecular Hbond substituents is 1. The van der Waals surface area contributed by atoms with E-state index in [0.717, 1.165) is 18.4 Å². The number of aromatic amines is 1. The van der Waals surface area contributed by atoms with Crippen molar-refractivity contribution >= 4 is 17.5 Å². The molecule has 1 atom stereocenters. The molecule has 0 aliphatic carbocycles. The first-order valence-corrected chi connectivity index (χ1v) is 12.1. The number of carbonyl (C=O) groups is 1. The van der Waals surface area contributed by atoms with E-state index >= 15 is 0 Å². The molecule has 0 fully saturated rings. The Labute approximate surface area is 209 Å². The Morgan fingerprint density at radius 2 is 1.94 bits per heavy atom. The molecular formula is C26H30ClN3O5. The minimum Gasteiger partial charge on any atom is -0.507 e. The predicted molar refractivity (Wildman–Crippen MR) is 133 cm³/mol. The van der Waals surface area contributed by atoms with Crippen molar-refractivity contribution < 1.29 is 24.1 Å². The monoisotopic (exact) mass is 499 g/mol. The van der Waals surface area contributed by atoms with E-state index in [9.17, 15) is 9.90 Å². The lowest BCUT2D eigenvalue weighted by Crippen LogP contribution is -2.31. The number of nitrogens with zero attached hydrogens (tertiary/aromatic N) is 2. The van der Waals surface area contributed by atoms with Gasteiger partial charge in [0.15, 0.2) is 11.5 Å². The van der Waals surface area contributed by atoms with Gasteiger partial charge in [-0.1, -0.05) is 31.0 Å². The van der Waals surface area contributed by atoms with Crippen molar-refractivity contribution in [3.05, 3.63) is 58.2 Å². The van der Waals surface area contributed by atoms with E-state index in [1.807, 2.05) is 18.2 Å². The molecule has 1 aliphatic heterocycles. The lowest BCUT2D eigenvalue weighted by Gasteiger charge is -2.27. The minimum atomic E-state index is -0.444. The third kappa shape index (κ3) is 4.94. The Hall–Kier alpha value is -3.23. The molecule has 2 N–H and O–H groups in total. The van der Waals surface area contributed by atoms with Crippen LogP contribution in [0, 0.1) is 0 Å². The third-order valence-corrected chi connectivity index (χ3v) is 6.32. The fourth-order valence-electron chi connectivity index (χ4n) is 4.36. The summed E-state index contributed by atoms with van der Waals surface area (Å²) in [7, 11) is 3.23. The highest BCUT2D eigenvalue weighted by atomic mass is 35.5. The number of phenols is 1. The third-order valence-electron chi connectivity index (χ3n) is 6.08. The van der Waals surface area contributed by atoms with Gasteiger partial charge in [-0.15, -0.1) is 0 Å². The molecule has 9 heteroatoms. The highest BCUT2D eigenvalue weighted by Crippen LogP contribution is 2.46. The fraction of sp³-hybridized carbons (Fsp3) is 0.385. The first-order chi connectivity index (χ1) is 17.0. The van der Waals surface area contributed by atoms with Crippen molar-refractivity contribution in [1.29, 1.82) is 0 Å². The predicted octanol–water partition coefficient (Wildman–Crippen LogP) is 5.20. The number of carbonyl (C=O) groups excluding carboxylic acids is 1. The van der Waals surface area contributed by atoms with Gasteiger partial charge in [0.05, 0.1) is 19.8 Å². The van der Waals surface area contributed by atoms with Crippen molar-refractivity contribution in [3.63, 3.8) is 0 Å². The van der Waals surface area contributed by atoms with E-state index < -0.39 is 6.04 Å². The Balaban J connectivity index is 1.80. The van der Waals surface area contributed by atoms with Gasteiger partial charge < -0.3 is 24.2 Å². The van der Waals surface area contributed by atoms with Gasteiger partial charge in [-0.05, 0) is 48.7 Å². The van der Waals surface area contributed by atoms with Gasteiger partial charge in [0.1, 0.15) is 17.1 Å². The van der Waals surface area contributed by atoms with Gasteiger partial charge in [-0.25, -0.2) is 0 Å². The van der Waals surface area contributed by atoms with Crippen LogP contribution in [0.25, 0.3) is 11.3 Å². The fourth-order valence-corrected chi connectivity index (χ4v) is 4.53. The van der Waals surface area contributed by atoms with E-state index in [-0.39, 0.29) is 11.7 Å². The first-order valence-electron chi connectivity index (χ1n) is 11.7. The average molecular weight is 500 g/mol. The van der Waals surface area contributed by atoms with Crippen molar-refractivity contribution in [2.75, 3.05) is 34.0 Å². The van der Waals surface area contributed by atoms with E-state index in [4.69, 9.17) is 25.8 Å². The molecule has 1 amide bonds. The molecule has 3 aromatic rings. The number of hydrogen-bond acceptors (Lipinski definition) is 6. The van der Waals surface area contributed by atoms with Crippen LogP contribution in [-0.2, 0) is 4.74 Å². The molecule has 186 valence electrons. The number of aromatic hydroxyl groups is 1. The number of amides is 1. The number of hydrogen-bond donors (Lipinski definition) is 2. The molecule has 1 aliphatic rings. The molecule has 0 spiro atoms. The van der Waals surface area contributed by atoms with Crippen molar-refractivity contribution in [2.45, 2.75) is 32.2 Å². The van der Waals surface area contributed by atoms with Gasteiger partial charge in [0.25, 0.3) is 5.91 Å². The number of unbranched alkanes of at least 4 members (excludes halogenated alkanes) is 1. The van der Waals surface area contributed by atoms with Crippen LogP contribution in [0.4, 0.5) is 0 Å². The molecular weight excluding hydrogens is 470 g/mol. The quantitative estimate of drug-likeness (QED) is 0.352. The summed E-state index contributed by atoms with van der Waals surface area (Å²) in [6.07, 6.45) is 2.65. The van der Waals surface area contributed by atoms with Gasteiger partial charge >= 0.3 is 0 Å².